The number of ether oxygens (including phenoxy) is 2. The summed E-state index contributed by atoms with van der Waals surface area (Å²) >= 11 is 0. The van der Waals surface area contributed by atoms with E-state index < -0.39 is 48.0 Å². The summed E-state index contributed by atoms with van der Waals surface area (Å²) in [4.78, 5) is 30.9. The Morgan fingerprint density at radius 3 is 2.50 bits per heavy atom. The number of carbonyl (C=O) groups is 1. The third kappa shape index (κ3) is 8.92. The Hall–Kier alpha value is -3.18. The van der Waals surface area contributed by atoms with E-state index in [1.165, 1.54) is 18.2 Å². The second kappa shape index (κ2) is 13.0. The third-order valence-corrected chi connectivity index (χ3v) is 8.57. The molecule has 3 rings (SSSR count). The number of phosphoric ester groups is 1. The van der Waals surface area contributed by atoms with Crippen molar-refractivity contribution < 1.29 is 46.7 Å². The second-order valence-corrected chi connectivity index (χ2v) is 13.1. The van der Waals surface area contributed by atoms with Gasteiger partial charge in [0.2, 0.25) is 16.8 Å². The van der Waals surface area contributed by atoms with E-state index in [2.05, 4.69) is 5.32 Å². The van der Waals surface area contributed by atoms with E-state index in [1.54, 1.807) is 44.2 Å². The van der Waals surface area contributed by atoms with Crippen LogP contribution in [0.15, 0.2) is 53.4 Å². The molecule has 1 heterocycles. The maximum absolute atomic E-state index is 14.0. The summed E-state index contributed by atoms with van der Waals surface area (Å²) in [6.45, 7) is 2.64. The van der Waals surface area contributed by atoms with Crippen LogP contribution in [0.5, 0.6) is 11.5 Å². The number of rotatable bonds is 14. The Bertz CT molecular complexity index is 1370. The zero-order valence-electron chi connectivity index (χ0n) is 22.0. The van der Waals surface area contributed by atoms with E-state index in [0.29, 0.717) is 17.7 Å². The smallest absolute Gasteiger partial charge is 0.465 e. The van der Waals surface area contributed by atoms with Crippen LogP contribution < -0.4 is 14.8 Å². The molecule has 0 saturated heterocycles. The van der Waals surface area contributed by atoms with Crippen LogP contribution in [0.25, 0.3) is 0 Å². The average molecular weight is 598 g/mol. The Morgan fingerprint density at radius 2 is 1.88 bits per heavy atom. The molecule has 0 spiro atoms. The normalized spacial score (nSPS) is 14.9. The number of carboxylic acid groups (broad SMARTS) is 1. The molecule has 0 fully saturated rings. The summed E-state index contributed by atoms with van der Waals surface area (Å²) in [5.41, 5.74) is -0.124. The minimum Gasteiger partial charge on any atom is -0.465 e. The molecule has 0 bridgehead atoms. The quantitative estimate of drug-likeness (QED) is 0.234. The minimum absolute atomic E-state index is 0.0481. The van der Waals surface area contributed by atoms with Crippen molar-refractivity contribution in [2.45, 2.75) is 50.2 Å². The molecular formula is C25H32N3O10PS. The molecule has 0 saturated carbocycles. The van der Waals surface area contributed by atoms with Gasteiger partial charge in [-0.25, -0.2) is 17.8 Å². The standard InChI is InChI=1S/C25H32N3O10PS/c1-25(2,11-6-12-26)16-28(40(34,35)19-9-10-21-22(14-19)37-17-36-21)15-23(38-39(31,32)33)20(27-24(29)30)13-18-7-4-3-5-8-18/h3-5,7-10,14,20,23,27H,6,11,13,15-17H2,1-2H3,(H,29,30)(H2,31,32,33)/t20-,23+/m0/s1. The van der Waals surface area contributed by atoms with E-state index in [0.717, 1.165) is 4.31 Å². The Balaban J connectivity index is 2.05. The van der Waals surface area contributed by atoms with Crippen LogP contribution in [0.4, 0.5) is 4.79 Å². The van der Waals surface area contributed by atoms with Crippen LogP contribution >= 0.6 is 7.82 Å². The first-order valence-corrected chi connectivity index (χ1v) is 15.2. The van der Waals surface area contributed by atoms with Crippen molar-refractivity contribution in [3.63, 3.8) is 0 Å². The van der Waals surface area contributed by atoms with Gasteiger partial charge in [0.1, 0.15) is 6.10 Å². The van der Waals surface area contributed by atoms with Gasteiger partial charge in [0.25, 0.3) is 0 Å². The lowest BCUT2D eigenvalue weighted by Gasteiger charge is -2.36. The summed E-state index contributed by atoms with van der Waals surface area (Å²) in [6, 6.07) is 13.4. The van der Waals surface area contributed by atoms with Gasteiger partial charge in [-0.15, -0.1) is 0 Å². The van der Waals surface area contributed by atoms with E-state index in [1.807, 2.05) is 6.07 Å². The fraction of sp³-hybridized carbons (Fsp3) is 0.440. The monoisotopic (exact) mass is 597 g/mol. The van der Waals surface area contributed by atoms with Gasteiger partial charge in [0, 0.05) is 25.6 Å². The molecule has 218 valence electrons. The topological polar surface area (TPSA) is 196 Å². The van der Waals surface area contributed by atoms with Gasteiger partial charge in [-0.05, 0) is 36.0 Å². The maximum atomic E-state index is 14.0. The molecule has 1 aliphatic rings. The Labute approximate surface area is 232 Å². The van der Waals surface area contributed by atoms with Crippen LogP contribution in [-0.2, 0) is 25.5 Å². The second-order valence-electron chi connectivity index (χ2n) is 10.0. The van der Waals surface area contributed by atoms with Crippen LogP contribution in [0.1, 0.15) is 32.3 Å². The zero-order valence-corrected chi connectivity index (χ0v) is 23.7. The summed E-state index contributed by atoms with van der Waals surface area (Å²) in [7, 11) is -9.58. The molecular weight excluding hydrogens is 565 g/mol. The summed E-state index contributed by atoms with van der Waals surface area (Å²) in [6.07, 6.45) is -2.67. The largest absolute Gasteiger partial charge is 0.469 e. The highest BCUT2D eigenvalue weighted by Gasteiger charge is 2.38. The molecule has 13 nitrogen and oxygen atoms in total. The van der Waals surface area contributed by atoms with Gasteiger partial charge < -0.3 is 29.7 Å². The number of sulfonamides is 1. The van der Waals surface area contributed by atoms with Crippen molar-refractivity contribution in [1.82, 2.24) is 9.62 Å². The SMILES string of the molecule is CC(C)(CCC#N)CN(C[C@@H](OP(=O)(O)O)[C@H](Cc1ccccc1)NC(=O)O)S(=O)(=O)c1ccc2c(c1)OCO2. The number of nitrogens with zero attached hydrogens (tertiary/aromatic N) is 2. The van der Waals surface area contributed by atoms with Crippen LogP contribution in [0.3, 0.4) is 0 Å². The predicted octanol–water partition coefficient (Wildman–Crippen LogP) is 3.09. The molecule has 0 radical (unpaired) electrons. The van der Waals surface area contributed by atoms with E-state index in [-0.39, 0.29) is 36.8 Å². The van der Waals surface area contributed by atoms with Gasteiger partial charge in [0.05, 0.1) is 17.0 Å². The molecule has 1 amide bonds. The lowest BCUT2D eigenvalue weighted by molar-refractivity contribution is 0.0773. The Morgan fingerprint density at radius 1 is 1.20 bits per heavy atom. The van der Waals surface area contributed by atoms with Gasteiger partial charge in [-0.3, -0.25) is 4.52 Å². The van der Waals surface area contributed by atoms with Crippen molar-refractivity contribution >= 4 is 23.9 Å². The van der Waals surface area contributed by atoms with Crippen LogP contribution in [0, 0.1) is 16.7 Å². The fourth-order valence-corrected chi connectivity index (χ4v) is 6.52. The van der Waals surface area contributed by atoms with E-state index >= 15 is 0 Å². The number of hydrogen-bond acceptors (Lipinski definition) is 8. The average Bonchev–Trinajstić information content (AvgIpc) is 3.34. The van der Waals surface area contributed by atoms with Gasteiger partial charge in [-0.1, -0.05) is 44.2 Å². The first kappa shape index (κ1) is 31.3. The molecule has 1 aliphatic heterocycles. The number of phosphoric acid groups is 1. The van der Waals surface area contributed by atoms with E-state index in [9.17, 15) is 32.7 Å². The molecule has 0 aromatic heterocycles. The van der Waals surface area contributed by atoms with Gasteiger partial charge in [-0.2, -0.15) is 9.57 Å². The number of benzene rings is 2. The Kier molecular flexibility index (Phi) is 10.2. The van der Waals surface area contributed by atoms with Crippen molar-refractivity contribution in [2.24, 2.45) is 5.41 Å². The number of fused-ring (bicyclic) bond motifs is 1. The van der Waals surface area contributed by atoms with Crippen molar-refractivity contribution in [1.29, 1.82) is 5.26 Å². The molecule has 40 heavy (non-hydrogen) atoms. The van der Waals surface area contributed by atoms with Gasteiger partial charge in [0.15, 0.2) is 11.5 Å². The fourth-order valence-electron chi connectivity index (χ4n) is 4.30. The highest BCUT2D eigenvalue weighted by molar-refractivity contribution is 7.89. The number of hydrogen-bond donors (Lipinski definition) is 4. The molecule has 0 aliphatic carbocycles. The number of amides is 1. The lowest BCUT2D eigenvalue weighted by atomic mass is 9.88. The molecule has 15 heteroatoms. The lowest BCUT2D eigenvalue weighted by Crippen LogP contribution is -2.52. The summed E-state index contributed by atoms with van der Waals surface area (Å²) in [5.74, 6) is 0.568. The van der Waals surface area contributed by atoms with Crippen LogP contribution in [-0.4, -0.2) is 65.7 Å². The third-order valence-electron chi connectivity index (χ3n) is 6.21. The zero-order chi connectivity index (χ0) is 29.6. The molecule has 2 aromatic carbocycles. The summed E-state index contributed by atoms with van der Waals surface area (Å²) < 4.78 is 56.6. The van der Waals surface area contributed by atoms with Gasteiger partial charge >= 0.3 is 13.9 Å². The molecule has 2 atom stereocenters. The highest BCUT2D eigenvalue weighted by atomic mass is 32.2. The van der Waals surface area contributed by atoms with Crippen molar-refractivity contribution in [3.8, 4) is 17.6 Å². The van der Waals surface area contributed by atoms with Crippen LogP contribution in [0.2, 0.25) is 0 Å². The first-order valence-electron chi connectivity index (χ1n) is 12.2. The first-order chi connectivity index (χ1) is 18.7. The number of nitrogens with one attached hydrogen (secondary N) is 1. The summed E-state index contributed by atoms with van der Waals surface area (Å²) in [5, 5.41) is 20.8. The molecule has 2 aromatic rings. The highest BCUT2D eigenvalue weighted by Crippen LogP contribution is 2.40. The number of nitriles is 1. The van der Waals surface area contributed by atoms with Crippen molar-refractivity contribution in [2.75, 3.05) is 19.9 Å². The minimum atomic E-state index is -5.22. The molecule has 4 N–H and O–H groups in total. The molecule has 0 unspecified atom stereocenters. The van der Waals surface area contributed by atoms with E-state index in [4.69, 9.17) is 19.3 Å². The van der Waals surface area contributed by atoms with Crippen molar-refractivity contribution in [3.05, 3.63) is 54.1 Å². The maximum Gasteiger partial charge on any atom is 0.469 e. The predicted molar refractivity (Wildman–Crippen MR) is 142 cm³/mol.